The lowest BCUT2D eigenvalue weighted by atomic mass is 9.35. The molecule has 0 radical (unpaired) electrons. The van der Waals surface area contributed by atoms with Gasteiger partial charge in [0.05, 0.1) is 6.10 Å². The first kappa shape index (κ1) is 22.5. The van der Waals surface area contributed by atoms with Crippen LogP contribution in [-0.2, 0) is 0 Å². The van der Waals surface area contributed by atoms with E-state index in [2.05, 4.69) is 55.4 Å². The van der Waals surface area contributed by atoms with Crippen LogP contribution in [0.15, 0.2) is 11.1 Å². The summed E-state index contributed by atoms with van der Waals surface area (Å²) < 4.78 is 0. The molecule has 5 aliphatic carbocycles. The normalized spacial score (nSPS) is 56.2. The predicted molar refractivity (Wildman–Crippen MR) is 131 cm³/mol. The Bertz CT molecular complexity index is 792. The quantitative estimate of drug-likeness (QED) is 0.387. The summed E-state index contributed by atoms with van der Waals surface area (Å²) in [6.07, 6.45) is 13.1. The van der Waals surface area contributed by atoms with Crippen molar-refractivity contribution in [2.24, 2.45) is 50.7 Å². The molecule has 0 bridgehead atoms. The van der Waals surface area contributed by atoms with Crippen LogP contribution in [0.3, 0.4) is 0 Å². The highest BCUT2D eigenvalue weighted by Crippen LogP contribution is 2.75. The second-order valence-corrected chi connectivity index (χ2v) is 14.6. The van der Waals surface area contributed by atoms with Crippen LogP contribution in [0.1, 0.15) is 120 Å². The number of rotatable bonds is 0. The third kappa shape index (κ3) is 2.65. The molecule has 1 nitrogen and oxygen atoms in total. The molecule has 1 heteroatoms. The summed E-state index contributed by atoms with van der Waals surface area (Å²) in [5.74, 6) is 3.23. The predicted octanol–water partition coefficient (Wildman–Crippen LogP) is 8.17. The van der Waals surface area contributed by atoms with E-state index >= 15 is 0 Å². The molecular weight excluding hydrogens is 376 g/mol. The van der Waals surface area contributed by atoms with Gasteiger partial charge in [-0.05, 0) is 115 Å². The Balaban J connectivity index is 1.61. The second-order valence-electron chi connectivity index (χ2n) is 14.6. The maximum absolute atomic E-state index is 10.9. The fourth-order valence-corrected chi connectivity index (χ4v) is 11.0. The number of fused-ring (bicyclic) bond motifs is 6. The molecule has 31 heavy (non-hydrogen) atoms. The molecule has 1 N–H and O–H groups in total. The highest BCUT2D eigenvalue weighted by molar-refractivity contribution is 5.38. The summed E-state index contributed by atoms with van der Waals surface area (Å²) in [7, 11) is 0. The molecule has 0 amide bonds. The SMILES string of the molecule is CC1CCC2(C)CCC3(C)C4=C(CCC3(C)C2C1C)C1(C)CCC(O)C(C)(C)C1CC4. The van der Waals surface area contributed by atoms with Gasteiger partial charge in [-0.15, -0.1) is 0 Å². The van der Waals surface area contributed by atoms with Crippen molar-refractivity contribution >= 4 is 0 Å². The molecule has 9 atom stereocenters. The van der Waals surface area contributed by atoms with Crippen molar-refractivity contribution in [3.63, 3.8) is 0 Å². The number of aliphatic hydroxyl groups is 1. The van der Waals surface area contributed by atoms with E-state index in [1.165, 1.54) is 57.8 Å². The molecule has 0 saturated heterocycles. The minimum Gasteiger partial charge on any atom is -0.393 e. The highest BCUT2D eigenvalue weighted by Gasteiger charge is 2.66. The molecule has 0 aromatic heterocycles. The molecule has 9 unspecified atom stereocenters. The van der Waals surface area contributed by atoms with E-state index in [0.717, 1.165) is 24.2 Å². The van der Waals surface area contributed by atoms with Crippen LogP contribution in [0.25, 0.3) is 0 Å². The molecule has 3 saturated carbocycles. The number of hydrogen-bond donors (Lipinski definition) is 1. The summed E-state index contributed by atoms with van der Waals surface area (Å²) in [4.78, 5) is 0. The van der Waals surface area contributed by atoms with Crippen molar-refractivity contribution in [2.45, 2.75) is 126 Å². The van der Waals surface area contributed by atoms with Gasteiger partial charge in [0.2, 0.25) is 0 Å². The zero-order valence-electron chi connectivity index (χ0n) is 21.9. The van der Waals surface area contributed by atoms with Crippen LogP contribution in [0.2, 0.25) is 0 Å². The Morgan fingerprint density at radius 3 is 2.16 bits per heavy atom. The summed E-state index contributed by atoms with van der Waals surface area (Å²) in [6.45, 7) is 20.6. The molecule has 0 aliphatic heterocycles. The summed E-state index contributed by atoms with van der Waals surface area (Å²) >= 11 is 0. The van der Waals surface area contributed by atoms with Crippen molar-refractivity contribution < 1.29 is 5.11 Å². The number of hydrogen-bond acceptors (Lipinski definition) is 1. The molecule has 5 rings (SSSR count). The van der Waals surface area contributed by atoms with Gasteiger partial charge in [-0.1, -0.05) is 66.5 Å². The lowest BCUT2D eigenvalue weighted by molar-refractivity contribution is -0.165. The van der Waals surface area contributed by atoms with E-state index in [-0.39, 0.29) is 11.5 Å². The Hall–Kier alpha value is -0.300. The average Bonchev–Trinajstić information content (AvgIpc) is 2.70. The fraction of sp³-hybridized carbons (Fsp3) is 0.933. The molecule has 0 aromatic carbocycles. The zero-order valence-corrected chi connectivity index (χ0v) is 21.9. The van der Waals surface area contributed by atoms with Crippen molar-refractivity contribution in [2.75, 3.05) is 0 Å². The van der Waals surface area contributed by atoms with Crippen molar-refractivity contribution in [3.05, 3.63) is 11.1 Å². The fourth-order valence-electron chi connectivity index (χ4n) is 11.0. The van der Waals surface area contributed by atoms with Crippen LogP contribution in [0, 0.1) is 50.7 Å². The largest absolute Gasteiger partial charge is 0.393 e. The molecule has 0 heterocycles. The Morgan fingerprint density at radius 1 is 0.742 bits per heavy atom. The zero-order chi connectivity index (χ0) is 22.6. The van der Waals surface area contributed by atoms with Gasteiger partial charge in [-0.2, -0.15) is 0 Å². The van der Waals surface area contributed by atoms with Gasteiger partial charge in [-0.3, -0.25) is 0 Å². The maximum Gasteiger partial charge on any atom is 0.0594 e. The van der Waals surface area contributed by atoms with Gasteiger partial charge in [0.15, 0.2) is 0 Å². The molecular formula is C30H50O. The Labute approximate surface area is 192 Å². The lowest BCUT2D eigenvalue weighted by Gasteiger charge is -2.70. The van der Waals surface area contributed by atoms with Crippen molar-refractivity contribution in [1.82, 2.24) is 0 Å². The van der Waals surface area contributed by atoms with Gasteiger partial charge in [0.1, 0.15) is 0 Å². The van der Waals surface area contributed by atoms with E-state index in [1.54, 1.807) is 0 Å². The van der Waals surface area contributed by atoms with Crippen molar-refractivity contribution in [1.29, 1.82) is 0 Å². The standard InChI is InChI=1S/C30H50O/c1-19-11-14-27(5)17-18-29(7)22-9-10-23-26(3,4)24(31)13-15-28(23,6)21(22)12-16-30(29,8)25(27)20(19)2/h19-20,23-25,31H,9-18H2,1-8H3. The maximum atomic E-state index is 10.9. The lowest BCUT2D eigenvalue weighted by Crippen LogP contribution is -2.62. The minimum absolute atomic E-state index is 0.0473. The Morgan fingerprint density at radius 2 is 1.45 bits per heavy atom. The van der Waals surface area contributed by atoms with Gasteiger partial charge < -0.3 is 5.11 Å². The number of allylic oxidation sites excluding steroid dienone is 2. The highest BCUT2D eigenvalue weighted by atomic mass is 16.3. The van der Waals surface area contributed by atoms with Gasteiger partial charge >= 0.3 is 0 Å². The van der Waals surface area contributed by atoms with E-state index in [1.807, 2.05) is 11.1 Å². The first-order valence-electron chi connectivity index (χ1n) is 13.7. The Kier molecular flexibility index (Phi) is 4.82. The summed E-state index contributed by atoms with van der Waals surface area (Å²) in [6, 6.07) is 0. The van der Waals surface area contributed by atoms with Crippen LogP contribution in [-0.4, -0.2) is 11.2 Å². The monoisotopic (exact) mass is 426 g/mol. The van der Waals surface area contributed by atoms with E-state index in [0.29, 0.717) is 27.6 Å². The minimum atomic E-state index is -0.128. The molecule has 3 fully saturated rings. The van der Waals surface area contributed by atoms with Crippen molar-refractivity contribution in [3.8, 4) is 0 Å². The third-order valence-corrected chi connectivity index (χ3v) is 13.2. The van der Waals surface area contributed by atoms with E-state index in [9.17, 15) is 5.11 Å². The van der Waals surface area contributed by atoms with E-state index < -0.39 is 0 Å². The van der Waals surface area contributed by atoms with Crippen LogP contribution in [0.5, 0.6) is 0 Å². The molecule has 176 valence electrons. The molecule has 0 aromatic rings. The second kappa shape index (κ2) is 6.64. The first-order valence-corrected chi connectivity index (χ1v) is 13.7. The number of aliphatic hydroxyl groups excluding tert-OH is 1. The summed E-state index contributed by atoms with van der Waals surface area (Å²) in [5, 5.41) is 10.9. The topological polar surface area (TPSA) is 20.2 Å². The molecule has 5 aliphatic rings. The first-order chi connectivity index (χ1) is 14.3. The van der Waals surface area contributed by atoms with Crippen LogP contribution in [0.4, 0.5) is 0 Å². The smallest absolute Gasteiger partial charge is 0.0594 e. The molecule has 0 spiro atoms. The van der Waals surface area contributed by atoms with Gasteiger partial charge in [0, 0.05) is 0 Å². The summed E-state index contributed by atoms with van der Waals surface area (Å²) in [5.41, 5.74) is 5.50. The van der Waals surface area contributed by atoms with Crippen LogP contribution >= 0.6 is 0 Å². The van der Waals surface area contributed by atoms with Gasteiger partial charge in [0.25, 0.3) is 0 Å². The van der Waals surface area contributed by atoms with Gasteiger partial charge in [-0.25, -0.2) is 0 Å². The van der Waals surface area contributed by atoms with Crippen LogP contribution < -0.4 is 0 Å². The van der Waals surface area contributed by atoms with E-state index in [4.69, 9.17) is 0 Å². The third-order valence-electron chi connectivity index (χ3n) is 13.2. The average molecular weight is 427 g/mol.